The fourth-order valence-corrected chi connectivity index (χ4v) is 4.52. The van der Waals surface area contributed by atoms with Crippen molar-refractivity contribution in [1.82, 2.24) is 15.2 Å². The third-order valence-corrected chi connectivity index (χ3v) is 6.09. The largest absolute Gasteiger partial charge is 0.367 e. The van der Waals surface area contributed by atoms with E-state index in [1.54, 1.807) is 35.2 Å². The highest BCUT2D eigenvalue weighted by Gasteiger charge is 2.53. The maximum atomic E-state index is 13.1. The smallest absolute Gasteiger partial charge is 0.258 e. The number of fused-ring (bicyclic) bond motifs is 3. The zero-order valence-electron chi connectivity index (χ0n) is 16.8. The molecule has 0 bridgehead atoms. The maximum Gasteiger partial charge on any atom is 0.258 e. The number of carbonyl (C=O) groups is 3. The van der Waals surface area contributed by atoms with Crippen LogP contribution in [0.2, 0.25) is 10.0 Å². The zero-order valence-corrected chi connectivity index (χ0v) is 18.3. The number of halogens is 2. The average Bonchev–Trinajstić information content (AvgIpc) is 3.05. The van der Waals surface area contributed by atoms with Crippen LogP contribution in [0.4, 0.5) is 11.5 Å². The molecule has 0 radical (unpaired) electrons. The molecule has 4 rings (SSSR count). The minimum atomic E-state index is -0.862. The third kappa shape index (κ3) is 3.93. The van der Waals surface area contributed by atoms with E-state index in [4.69, 9.17) is 23.2 Å². The quantitative estimate of drug-likeness (QED) is 0.644. The molecule has 10 heteroatoms. The van der Waals surface area contributed by atoms with Crippen LogP contribution in [-0.4, -0.2) is 52.9 Å². The van der Waals surface area contributed by atoms with E-state index in [-0.39, 0.29) is 24.3 Å². The summed E-state index contributed by atoms with van der Waals surface area (Å²) in [5.74, 6) is -0.153. The van der Waals surface area contributed by atoms with Gasteiger partial charge in [0, 0.05) is 25.7 Å². The van der Waals surface area contributed by atoms with Crippen LogP contribution in [0.15, 0.2) is 36.5 Å². The number of anilines is 2. The maximum absolute atomic E-state index is 13.1. The lowest BCUT2D eigenvalue weighted by atomic mass is 9.98. The van der Waals surface area contributed by atoms with Crippen molar-refractivity contribution in [2.24, 2.45) is 0 Å². The monoisotopic (exact) mass is 461 g/mol. The van der Waals surface area contributed by atoms with E-state index in [2.05, 4.69) is 15.6 Å². The fraction of sp³-hybridized carbons (Fsp3) is 0.333. The SMILES string of the molecule is CC12CCC(=O)N1c1ccccc1C(=O)N2CC(=O)NCCNc1ncc(Cl)cc1Cl. The van der Waals surface area contributed by atoms with Crippen molar-refractivity contribution in [3.05, 3.63) is 52.1 Å². The van der Waals surface area contributed by atoms with Crippen molar-refractivity contribution in [2.75, 3.05) is 29.9 Å². The molecule has 1 aromatic carbocycles. The van der Waals surface area contributed by atoms with E-state index in [0.717, 1.165) is 0 Å². The van der Waals surface area contributed by atoms with Gasteiger partial charge in [-0.25, -0.2) is 4.98 Å². The molecule has 2 aliphatic heterocycles. The van der Waals surface area contributed by atoms with Crippen LogP contribution < -0.4 is 15.5 Å². The number of rotatable bonds is 6. The molecule has 8 nitrogen and oxygen atoms in total. The number of nitrogens with one attached hydrogen (secondary N) is 2. The molecule has 0 saturated carbocycles. The Hall–Kier alpha value is -2.84. The molecule has 2 aromatic rings. The van der Waals surface area contributed by atoms with Crippen LogP contribution in [-0.2, 0) is 9.59 Å². The Labute approximate surface area is 189 Å². The second kappa shape index (κ2) is 8.36. The molecular weight excluding hydrogens is 441 g/mol. The van der Waals surface area contributed by atoms with E-state index in [1.807, 2.05) is 6.92 Å². The molecule has 0 aliphatic carbocycles. The minimum Gasteiger partial charge on any atom is -0.367 e. The van der Waals surface area contributed by atoms with Crippen LogP contribution in [0.5, 0.6) is 0 Å². The molecule has 2 N–H and O–H groups in total. The molecular formula is C21H21Cl2N5O3. The first-order valence-electron chi connectivity index (χ1n) is 9.87. The van der Waals surface area contributed by atoms with Gasteiger partial charge in [0.15, 0.2) is 0 Å². The molecule has 3 heterocycles. The van der Waals surface area contributed by atoms with Crippen molar-refractivity contribution in [1.29, 1.82) is 0 Å². The minimum absolute atomic E-state index is 0.0515. The summed E-state index contributed by atoms with van der Waals surface area (Å²) in [6.07, 6.45) is 2.28. The summed E-state index contributed by atoms with van der Waals surface area (Å²) >= 11 is 11.9. The number of amides is 3. The van der Waals surface area contributed by atoms with Gasteiger partial charge in [-0.15, -0.1) is 0 Å². The van der Waals surface area contributed by atoms with Gasteiger partial charge in [-0.05, 0) is 31.5 Å². The van der Waals surface area contributed by atoms with Crippen molar-refractivity contribution in [3.63, 3.8) is 0 Å². The molecule has 1 fully saturated rings. The first-order valence-corrected chi connectivity index (χ1v) is 10.6. The molecule has 1 unspecified atom stereocenters. The summed E-state index contributed by atoms with van der Waals surface area (Å²) in [6.45, 7) is 2.37. The lowest BCUT2D eigenvalue weighted by molar-refractivity contribution is -0.123. The van der Waals surface area contributed by atoms with Gasteiger partial charge in [0.1, 0.15) is 18.0 Å². The Morgan fingerprint density at radius 2 is 2.00 bits per heavy atom. The Bertz CT molecular complexity index is 1060. The van der Waals surface area contributed by atoms with Gasteiger partial charge in [-0.3, -0.25) is 19.3 Å². The Kier molecular flexibility index (Phi) is 5.77. The number of carbonyl (C=O) groups excluding carboxylic acids is 3. The highest BCUT2D eigenvalue weighted by atomic mass is 35.5. The molecule has 0 spiro atoms. The van der Waals surface area contributed by atoms with Gasteiger partial charge in [-0.2, -0.15) is 0 Å². The van der Waals surface area contributed by atoms with Gasteiger partial charge in [0.25, 0.3) is 5.91 Å². The van der Waals surface area contributed by atoms with Gasteiger partial charge in [0.05, 0.1) is 21.3 Å². The average molecular weight is 462 g/mol. The van der Waals surface area contributed by atoms with Crippen molar-refractivity contribution >= 4 is 52.4 Å². The number of hydrogen-bond donors (Lipinski definition) is 2. The Balaban J connectivity index is 1.41. The molecule has 31 heavy (non-hydrogen) atoms. The van der Waals surface area contributed by atoms with E-state index in [0.29, 0.717) is 53.0 Å². The molecule has 1 aromatic heterocycles. The predicted molar refractivity (Wildman–Crippen MR) is 118 cm³/mol. The predicted octanol–water partition coefficient (Wildman–Crippen LogP) is 2.92. The summed E-state index contributed by atoms with van der Waals surface area (Å²) in [5, 5.41) is 6.63. The number of pyridine rings is 1. The van der Waals surface area contributed by atoms with E-state index >= 15 is 0 Å². The van der Waals surface area contributed by atoms with Crippen molar-refractivity contribution in [3.8, 4) is 0 Å². The molecule has 162 valence electrons. The van der Waals surface area contributed by atoms with Crippen LogP contribution in [0.25, 0.3) is 0 Å². The number of aromatic nitrogens is 1. The normalized spacial score (nSPS) is 19.8. The summed E-state index contributed by atoms with van der Waals surface area (Å²) in [5.41, 5.74) is 0.164. The molecule has 1 saturated heterocycles. The summed E-state index contributed by atoms with van der Waals surface area (Å²) in [7, 11) is 0. The van der Waals surface area contributed by atoms with Gasteiger partial charge in [-0.1, -0.05) is 35.3 Å². The molecule has 2 aliphatic rings. The Morgan fingerprint density at radius 3 is 2.77 bits per heavy atom. The number of benzene rings is 1. The topological polar surface area (TPSA) is 94.6 Å². The van der Waals surface area contributed by atoms with Crippen LogP contribution >= 0.6 is 23.2 Å². The summed E-state index contributed by atoms with van der Waals surface area (Å²) in [4.78, 5) is 45.5. The molecule has 1 atom stereocenters. The van der Waals surface area contributed by atoms with E-state index in [1.165, 1.54) is 11.1 Å². The highest BCUT2D eigenvalue weighted by molar-refractivity contribution is 6.35. The number of nitrogens with zero attached hydrogens (tertiary/aromatic N) is 3. The first kappa shape index (κ1) is 21.4. The fourth-order valence-electron chi connectivity index (χ4n) is 4.07. The third-order valence-electron chi connectivity index (χ3n) is 5.59. The second-order valence-electron chi connectivity index (χ2n) is 7.62. The lowest BCUT2D eigenvalue weighted by Crippen LogP contribution is -2.63. The van der Waals surface area contributed by atoms with Gasteiger partial charge in [0.2, 0.25) is 11.8 Å². The van der Waals surface area contributed by atoms with Gasteiger partial charge < -0.3 is 15.5 Å². The standard InChI is InChI=1S/C21H21Cl2N5O3/c1-21-7-6-18(30)28(21)16-5-3-2-4-14(16)20(31)27(21)12-17(29)24-8-9-25-19-15(23)10-13(22)11-26-19/h2-5,10-11H,6-9,12H2,1H3,(H,24,29)(H,25,26). The first-order chi connectivity index (χ1) is 14.8. The van der Waals surface area contributed by atoms with Crippen molar-refractivity contribution in [2.45, 2.75) is 25.4 Å². The number of para-hydroxylation sites is 1. The van der Waals surface area contributed by atoms with Crippen LogP contribution in [0, 0.1) is 0 Å². The van der Waals surface area contributed by atoms with Crippen molar-refractivity contribution < 1.29 is 14.4 Å². The van der Waals surface area contributed by atoms with E-state index < -0.39 is 5.66 Å². The lowest BCUT2D eigenvalue weighted by Gasteiger charge is -2.48. The Morgan fingerprint density at radius 1 is 1.23 bits per heavy atom. The number of hydrogen-bond acceptors (Lipinski definition) is 5. The summed E-state index contributed by atoms with van der Waals surface area (Å²) in [6, 6.07) is 8.58. The summed E-state index contributed by atoms with van der Waals surface area (Å²) < 4.78 is 0. The molecule has 3 amide bonds. The zero-order chi connectivity index (χ0) is 22.2. The van der Waals surface area contributed by atoms with E-state index in [9.17, 15) is 14.4 Å². The second-order valence-corrected chi connectivity index (χ2v) is 8.46. The van der Waals surface area contributed by atoms with Crippen LogP contribution in [0.3, 0.4) is 0 Å². The van der Waals surface area contributed by atoms with Crippen LogP contribution in [0.1, 0.15) is 30.1 Å². The van der Waals surface area contributed by atoms with Gasteiger partial charge >= 0.3 is 0 Å². The highest BCUT2D eigenvalue weighted by Crippen LogP contribution is 2.43.